The quantitative estimate of drug-likeness (QED) is 0.818. The van der Waals surface area contributed by atoms with Gasteiger partial charge in [-0.3, -0.25) is 14.3 Å². The van der Waals surface area contributed by atoms with Gasteiger partial charge in [0, 0.05) is 32.7 Å². The van der Waals surface area contributed by atoms with E-state index in [9.17, 15) is 9.59 Å². The number of aromatic nitrogens is 2. The Hall–Kier alpha value is -1.89. The van der Waals surface area contributed by atoms with Crippen LogP contribution >= 0.6 is 0 Å². The zero-order valence-electron chi connectivity index (χ0n) is 16.1. The van der Waals surface area contributed by atoms with Crippen LogP contribution in [0.1, 0.15) is 55.7 Å². The standard InChI is InChI=1S/C19H30N4O3/c1-4-23-17(12-16(20-23)14(2)3)19(25)22-7-5-6-15(13-22)18(24)21-8-10-26-11-9-21/h12,14-15H,4-11,13H2,1-3H3. The third-order valence-corrected chi connectivity index (χ3v) is 5.29. The summed E-state index contributed by atoms with van der Waals surface area (Å²) in [5, 5.41) is 4.55. The van der Waals surface area contributed by atoms with Crippen molar-refractivity contribution in [1.82, 2.24) is 19.6 Å². The van der Waals surface area contributed by atoms with Gasteiger partial charge in [-0.15, -0.1) is 0 Å². The minimum Gasteiger partial charge on any atom is -0.378 e. The molecule has 0 aliphatic carbocycles. The maximum atomic E-state index is 13.1. The van der Waals surface area contributed by atoms with Crippen LogP contribution in [0, 0.1) is 5.92 Å². The van der Waals surface area contributed by atoms with Crippen LogP contribution in [-0.4, -0.2) is 70.8 Å². The van der Waals surface area contributed by atoms with E-state index >= 15 is 0 Å². The van der Waals surface area contributed by atoms with Gasteiger partial charge in [0.25, 0.3) is 5.91 Å². The maximum Gasteiger partial charge on any atom is 0.272 e. The highest BCUT2D eigenvalue weighted by molar-refractivity contribution is 5.93. The van der Waals surface area contributed by atoms with Crippen molar-refractivity contribution >= 4 is 11.8 Å². The highest BCUT2D eigenvalue weighted by Crippen LogP contribution is 2.23. The molecule has 2 aliphatic rings. The van der Waals surface area contributed by atoms with Crippen LogP contribution < -0.4 is 0 Å². The molecule has 2 fully saturated rings. The zero-order valence-corrected chi connectivity index (χ0v) is 16.1. The van der Waals surface area contributed by atoms with Gasteiger partial charge in [-0.2, -0.15) is 5.10 Å². The molecule has 0 saturated carbocycles. The number of nitrogens with zero attached hydrogens (tertiary/aromatic N) is 4. The lowest BCUT2D eigenvalue weighted by molar-refractivity contribution is -0.141. The first-order valence-electron chi connectivity index (χ1n) is 9.74. The smallest absolute Gasteiger partial charge is 0.272 e. The van der Waals surface area contributed by atoms with Gasteiger partial charge in [0.2, 0.25) is 5.91 Å². The summed E-state index contributed by atoms with van der Waals surface area (Å²) in [6, 6.07) is 1.91. The molecule has 0 spiro atoms. The average Bonchev–Trinajstić information content (AvgIpc) is 3.12. The summed E-state index contributed by atoms with van der Waals surface area (Å²) in [5.41, 5.74) is 1.57. The van der Waals surface area contributed by atoms with Crippen molar-refractivity contribution in [3.05, 3.63) is 17.5 Å². The summed E-state index contributed by atoms with van der Waals surface area (Å²) in [6.45, 7) is 10.5. The molecule has 1 aromatic heterocycles. The Kier molecular flexibility index (Phi) is 5.96. The molecule has 0 N–H and O–H groups in total. The minimum atomic E-state index is -0.103. The van der Waals surface area contributed by atoms with E-state index < -0.39 is 0 Å². The third-order valence-electron chi connectivity index (χ3n) is 5.29. The van der Waals surface area contributed by atoms with Gasteiger partial charge < -0.3 is 14.5 Å². The number of amides is 2. The lowest BCUT2D eigenvalue weighted by Gasteiger charge is -2.36. The monoisotopic (exact) mass is 362 g/mol. The zero-order chi connectivity index (χ0) is 18.7. The first-order valence-corrected chi connectivity index (χ1v) is 9.74. The molecule has 0 aromatic carbocycles. The lowest BCUT2D eigenvalue weighted by Crippen LogP contribution is -2.49. The number of rotatable bonds is 4. The number of piperidine rings is 1. The summed E-state index contributed by atoms with van der Waals surface area (Å²) >= 11 is 0. The molecule has 7 heteroatoms. The van der Waals surface area contributed by atoms with Crippen LogP contribution in [-0.2, 0) is 16.1 Å². The third kappa shape index (κ3) is 3.92. The molecule has 1 unspecified atom stereocenters. The van der Waals surface area contributed by atoms with Crippen molar-refractivity contribution in [1.29, 1.82) is 0 Å². The molecule has 0 radical (unpaired) electrons. The van der Waals surface area contributed by atoms with Crippen molar-refractivity contribution < 1.29 is 14.3 Å². The number of hydrogen-bond donors (Lipinski definition) is 0. The van der Waals surface area contributed by atoms with Crippen molar-refractivity contribution in [3.63, 3.8) is 0 Å². The number of likely N-dealkylation sites (tertiary alicyclic amines) is 1. The molecule has 1 aromatic rings. The molecule has 2 amide bonds. The van der Waals surface area contributed by atoms with Gasteiger partial charge in [-0.1, -0.05) is 13.8 Å². The first-order chi connectivity index (χ1) is 12.5. The Bertz CT molecular complexity index is 649. The second-order valence-corrected chi connectivity index (χ2v) is 7.45. The fourth-order valence-electron chi connectivity index (χ4n) is 3.70. The highest BCUT2D eigenvalue weighted by atomic mass is 16.5. The Balaban J connectivity index is 1.71. The van der Waals surface area contributed by atoms with Crippen LogP contribution in [0.15, 0.2) is 6.07 Å². The van der Waals surface area contributed by atoms with E-state index in [1.807, 2.05) is 22.8 Å². The van der Waals surface area contributed by atoms with Crippen LogP contribution in [0.4, 0.5) is 0 Å². The van der Waals surface area contributed by atoms with Gasteiger partial charge >= 0.3 is 0 Å². The van der Waals surface area contributed by atoms with Crippen LogP contribution in [0.2, 0.25) is 0 Å². The van der Waals surface area contributed by atoms with E-state index in [-0.39, 0.29) is 23.7 Å². The molecule has 3 heterocycles. The van der Waals surface area contributed by atoms with E-state index in [0.29, 0.717) is 51.6 Å². The van der Waals surface area contributed by atoms with Crippen molar-refractivity contribution in [3.8, 4) is 0 Å². The van der Waals surface area contributed by atoms with Gasteiger partial charge in [0.1, 0.15) is 5.69 Å². The number of aryl methyl sites for hydroxylation is 1. The second-order valence-electron chi connectivity index (χ2n) is 7.45. The summed E-state index contributed by atoms with van der Waals surface area (Å²) in [4.78, 5) is 29.6. The Morgan fingerprint density at radius 2 is 1.96 bits per heavy atom. The SMILES string of the molecule is CCn1nc(C(C)C)cc1C(=O)N1CCCC(C(=O)N2CCOCC2)C1. The van der Waals surface area contributed by atoms with Crippen molar-refractivity contribution in [2.24, 2.45) is 5.92 Å². The van der Waals surface area contributed by atoms with Crippen molar-refractivity contribution in [2.75, 3.05) is 39.4 Å². The van der Waals surface area contributed by atoms with Crippen LogP contribution in [0.25, 0.3) is 0 Å². The highest BCUT2D eigenvalue weighted by Gasteiger charge is 2.33. The van der Waals surface area contributed by atoms with E-state index in [4.69, 9.17) is 4.74 Å². The average molecular weight is 362 g/mol. The number of ether oxygens (including phenoxy) is 1. The lowest BCUT2D eigenvalue weighted by atomic mass is 9.96. The van der Waals surface area contributed by atoms with E-state index in [2.05, 4.69) is 18.9 Å². The number of carbonyl (C=O) groups is 2. The van der Waals surface area contributed by atoms with E-state index in [1.165, 1.54) is 0 Å². The van der Waals surface area contributed by atoms with Crippen LogP contribution in [0.3, 0.4) is 0 Å². The van der Waals surface area contributed by atoms with Crippen molar-refractivity contribution in [2.45, 2.75) is 46.1 Å². The van der Waals surface area contributed by atoms with Gasteiger partial charge in [-0.25, -0.2) is 0 Å². The summed E-state index contributed by atoms with van der Waals surface area (Å²) < 4.78 is 7.12. The van der Waals surface area contributed by atoms with E-state index in [0.717, 1.165) is 18.5 Å². The number of morpholine rings is 1. The number of carbonyl (C=O) groups excluding carboxylic acids is 2. The predicted molar refractivity (Wildman–Crippen MR) is 98.0 cm³/mol. The molecule has 2 aliphatic heterocycles. The molecule has 2 saturated heterocycles. The largest absolute Gasteiger partial charge is 0.378 e. The Morgan fingerprint density at radius 1 is 1.23 bits per heavy atom. The number of hydrogen-bond acceptors (Lipinski definition) is 4. The Morgan fingerprint density at radius 3 is 2.62 bits per heavy atom. The molecular formula is C19H30N4O3. The summed E-state index contributed by atoms with van der Waals surface area (Å²) in [5.74, 6) is 0.336. The van der Waals surface area contributed by atoms with E-state index in [1.54, 1.807) is 4.68 Å². The minimum absolute atomic E-state index is 0.00859. The first kappa shape index (κ1) is 18.9. The fourth-order valence-corrected chi connectivity index (χ4v) is 3.70. The Labute approximate surface area is 155 Å². The van der Waals surface area contributed by atoms with Gasteiger partial charge in [-0.05, 0) is 31.7 Å². The van der Waals surface area contributed by atoms with Crippen LogP contribution in [0.5, 0.6) is 0 Å². The molecule has 3 rings (SSSR count). The summed E-state index contributed by atoms with van der Waals surface area (Å²) in [7, 11) is 0. The molecular weight excluding hydrogens is 332 g/mol. The van der Waals surface area contributed by atoms with Gasteiger partial charge in [0.05, 0.1) is 24.8 Å². The van der Waals surface area contributed by atoms with Gasteiger partial charge in [0.15, 0.2) is 0 Å². The maximum absolute atomic E-state index is 13.1. The summed E-state index contributed by atoms with van der Waals surface area (Å²) in [6.07, 6.45) is 1.72. The molecule has 0 bridgehead atoms. The fraction of sp³-hybridized carbons (Fsp3) is 0.737. The normalized spacial score (nSPS) is 21.3. The second kappa shape index (κ2) is 8.20. The predicted octanol–water partition coefficient (Wildman–Crippen LogP) is 1.74. The molecule has 26 heavy (non-hydrogen) atoms. The molecule has 7 nitrogen and oxygen atoms in total. The topological polar surface area (TPSA) is 67.7 Å². The molecule has 144 valence electrons. The molecule has 1 atom stereocenters.